The fourth-order valence-electron chi connectivity index (χ4n) is 3.17. The molecule has 7 nitrogen and oxygen atoms in total. The summed E-state index contributed by atoms with van der Waals surface area (Å²) < 4.78 is 4.02. The molecule has 1 amide bonds. The van der Waals surface area contributed by atoms with Crippen LogP contribution < -0.4 is 10.6 Å². The van der Waals surface area contributed by atoms with E-state index >= 15 is 0 Å². The molecule has 0 aromatic carbocycles. The van der Waals surface area contributed by atoms with Crippen LogP contribution in [0.5, 0.6) is 0 Å². The van der Waals surface area contributed by atoms with Crippen LogP contribution in [0.25, 0.3) is 0 Å². The summed E-state index contributed by atoms with van der Waals surface area (Å²) in [6.07, 6.45) is 7.86. The van der Waals surface area contributed by atoms with Gasteiger partial charge in [-0.1, -0.05) is 0 Å². The van der Waals surface area contributed by atoms with Crippen LogP contribution in [0.3, 0.4) is 0 Å². The van der Waals surface area contributed by atoms with E-state index in [0.717, 1.165) is 37.6 Å². The summed E-state index contributed by atoms with van der Waals surface area (Å²) in [4.78, 5) is 16.9. The normalized spacial score (nSPS) is 18.4. The van der Waals surface area contributed by atoms with Crippen molar-refractivity contribution in [1.82, 2.24) is 24.6 Å². The highest BCUT2D eigenvalue weighted by Gasteiger charge is 2.23. The third-order valence-electron chi connectivity index (χ3n) is 4.54. The second-order valence-electron chi connectivity index (χ2n) is 6.69. The summed E-state index contributed by atoms with van der Waals surface area (Å²) in [5.74, 6) is 2.18. The number of aryl methyl sites for hydroxylation is 1. The van der Waals surface area contributed by atoms with Gasteiger partial charge in [-0.15, -0.1) is 0 Å². The van der Waals surface area contributed by atoms with Crippen LogP contribution in [0.15, 0.2) is 24.7 Å². The van der Waals surface area contributed by atoms with Gasteiger partial charge in [0, 0.05) is 43.5 Å². The fourth-order valence-corrected chi connectivity index (χ4v) is 3.17. The first-order valence-electron chi connectivity index (χ1n) is 8.65. The summed E-state index contributed by atoms with van der Waals surface area (Å²) in [7, 11) is 0. The van der Waals surface area contributed by atoms with Gasteiger partial charge in [0.25, 0.3) is 0 Å². The fraction of sp³-hybridized carbons (Fsp3) is 0.588. The van der Waals surface area contributed by atoms with Gasteiger partial charge >= 0.3 is 0 Å². The van der Waals surface area contributed by atoms with Gasteiger partial charge in [0.15, 0.2) is 0 Å². The number of anilines is 1. The monoisotopic (exact) mass is 330 g/mol. The Hall–Kier alpha value is -2.15. The first-order valence-corrected chi connectivity index (χ1v) is 8.65. The van der Waals surface area contributed by atoms with Gasteiger partial charge in [0.2, 0.25) is 5.91 Å². The third-order valence-corrected chi connectivity index (χ3v) is 4.54. The van der Waals surface area contributed by atoms with Crippen LogP contribution in [-0.4, -0.2) is 37.8 Å². The number of amides is 1. The van der Waals surface area contributed by atoms with E-state index in [0.29, 0.717) is 5.92 Å². The van der Waals surface area contributed by atoms with Gasteiger partial charge in [0.1, 0.15) is 11.6 Å². The molecule has 7 heteroatoms. The van der Waals surface area contributed by atoms with Crippen molar-refractivity contribution in [3.63, 3.8) is 0 Å². The number of carbonyl (C=O) groups excluding carboxylic acids is 1. The zero-order valence-corrected chi connectivity index (χ0v) is 14.6. The molecule has 2 N–H and O–H groups in total. The molecule has 0 aliphatic carbocycles. The van der Waals surface area contributed by atoms with Crippen molar-refractivity contribution in [1.29, 1.82) is 0 Å². The number of hydrogen-bond donors (Lipinski definition) is 2. The van der Waals surface area contributed by atoms with Crippen LogP contribution in [0, 0.1) is 0 Å². The molecule has 24 heavy (non-hydrogen) atoms. The Kier molecular flexibility index (Phi) is 4.99. The summed E-state index contributed by atoms with van der Waals surface area (Å²) in [5, 5.41) is 10.5. The van der Waals surface area contributed by atoms with E-state index in [1.165, 1.54) is 0 Å². The zero-order valence-electron chi connectivity index (χ0n) is 14.6. The summed E-state index contributed by atoms with van der Waals surface area (Å²) in [5.41, 5.74) is 0. The van der Waals surface area contributed by atoms with Crippen LogP contribution in [0.1, 0.15) is 51.4 Å². The first-order chi connectivity index (χ1) is 11.6. The largest absolute Gasteiger partial charge is 0.335 e. The highest BCUT2D eigenvalue weighted by atomic mass is 16.2. The molecule has 0 fully saturated rings. The smallest absolute Gasteiger partial charge is 0.242 e. The summed E-state index contributed by atoms with van der Waals surface area (Å²) >= 11 is 0. The molecule has 2 aromatic heterocycles. The standard InChI is InChI=1S/C17H26N6O/c1-12(2)23-15(6-7-20-23)21-17(24)13(3)19-11-14-5-4-9-22-10-8-18-16(14)22/h6-8,10,12-14,19H,4-5,9,11H2,1-3H3,(H,21,24)/t13-,14+/m1/s1. The first kappa shape index (κ1) is 16.7. The molecular formula is C17H26N6O. The van der Waals surface area contributed by atoms with Crippen molar-refractivity contribution in [3.8, 4) is 0 Å². The van der Waals surface area contributed by atoms with E-state index in [4.69, 9.17) is 0 Å². The van der Waals surface area contributed by atoms with Crippen molar-refractivity contribution in [2.24, 2.45) is 0 Å². The molecule has 0 saturated heterocycles. The van der Waals surface area contributed by atoms with Crippen LogP contribution in [0.2, 0.25) is 0 Å². The Labute approximate surface area is 142 Å². The average molecular weight is 330 g/mol. The van der Waals surface area contributed by atoms with E-state index in [2.05, 4.69) is 25.3 Å². The number of fused-ring (bicyclic) bond motifs is 1. The highest BCUT2D eigenvalue weighted by Crippen LogP contribution is 2.25. The Bertz CT molecular complexity index is 689. The van der Waals surface area contributed by atoms with Crippen molar-refractivity contribution < 1.29 is 4.79 Å². The molecule has 0 bridgehead atoms. The minimum absolute atomic E-state index is 0.0449. The Balaban J connectivity index is 1.55. The lowest BCUT2D eigenvalue weighted by molar-refractivity contribution is -0.117. The van der Waals surface area contributed by atoms with Gasteiger partial charge in [-0.25, -0.2) is 9.67 Å². The molecule has 3 heterocycles. The third kappa shape index (κ3) is 3.51. The number of imidazole rings is 1. The number of nitrogens with one attached hydrogen (secondary N) is 2. The Morgan fingerprint density at radius 1 is 1.38 bits per heavy atom. The average Bonchev–Trinajstić information content (AvgIpc) is 3.21. The molecule has 130 valence electrons. The minimum atomic E-state index is -0.272. The molecule has 1 aliphatic heterocycles. The molecule has 0 unspecified atom stereocenters. The minimum Gasteiger partial charge on any atom is -0.335 e. The SMILES string of the molecule is CC(C)n1nccc1NC(=O)[C@@H](C)NC[C@@H]1CCCn2ccnc21. The Morgan fingerprint density at radius 2 is 2.21 bits per heavy atom. The quantitative estimate of drug-likeness (QED) is 0.851. The van der Waals surface area contributed by atoms with E-state index in [-0.39, 0.29) is 18.0 Å². The second-order valence-corrected chi connectivity index (χ2v) is 6.69. The summed E-state index contributed by atoms with van der Waals surface area (Å²) in [6.45, 7) is 7.77. The zero-order chi connectivity index (χ0) is 17.1. The highest BCUT2D eigenvalue weighted by molar-refractivity contribution is 5.93. The predicted molar refractivity (Wildman–Crippen MR) is 92.9 cm³/mol. The summed E-state index contributed by atoms with van der Waals surface area (Å²) in [6, 6.07) is 1.76. The van der Waals surface area contributed by atoms with Crippen LogP contribution in [-0.2, 0) is 11.3 Å². The maximum absolute atomic E-state index is 12.4. The molecule has 0 spiro atoms. The maximum atomic E-state index is 12.4. The van der Waals surface area contributed by atoms with E-state index < -0.39 is 0 Å². The van der Waals surface area contributed by atoms with Crippen molar-refractivity contribution in [2.75, 3.05) is 11.9 Å². The molecule has 3 rings (SSSR count). The van der Waals surface area contributed by atoms with E-state index in [1.54, 1.807) is 6.20 Å². The number of aromatic nitrogens is 4. The molecule has 1 aliphatic rings. The number of rotatable bonds is 6. The maximum Gasteiger partial charge on any atom is 0.242 e. The van der Waals surface area contributed by atoms with Crippen molar-refractivity contribution in [3.05, 3.63) is 30.5 Å². The Morgan fingerprint density at radius 3 is 3.00 bits per heavy atom. The second kappa shape index (κ2) is 7.17. The molecule has 0 radical (unpaired) electrons. The van der Waals surface area contributed by atoms with Crippen molar-refractivity contribution >= 4 is 11.7 Å². The molecule has 0 saturated carbocycles. The molecular weight excluding hydrogens is 304 g/mol. The van der Waals surface area contributed by atoms with E-state index in [9.17, 15) is 4.79 Å². The van der Waals surface area contributed by atoms with Crippen molar-refractivity contribution in [2.45, 2.75) is 58.2 Å². The lowest BCUT2D eigenvalue weighted by atomic mass is 9.98. The van der Waals surface area contributed by atoms with Crippen LogP contribution in [0.4, 0.5) is 5.82 Å². The van der Waals surface area contributed by atoms with Gasteiger partial charge in [0.05, 0.1) is 12.2 Å². The predicted octanol–water partition coefficient (Wildman–Crippen LogP) is 2.15. The molecule has 2 aromatic rings. The lowest BCUT2D eigenvalue weighted by Gasteiger charge is -2.25. The van der Waals surface area contributed by atoms with Gasteiger partial charge in [-0.05, 0) is 33.6 Å². The molecule has 2 atom stereocenters. The number of nitrogens with zero attached hydrogens (tertiary/aromatic N) is 4. The van der Waals surface area contributed by atoms with Gasteiger partial charge in [-0.3, -0.25) is 4.79 Å². The van der Waals surface area contributed by atoms with Gasteiger partial charge < -0.3 is 15.2 Å². The topological polar surface area (TPSA) is 76.8 Å². The van der Waals surface area contributed by atoms with E-state index in [1.807, 2.05) is 43.9 Å². The number of carbonyl (C=O) groups is 1. The lowest BCUT2D eigenvalue weighted by Crippen LogP contribution is -2.41. The van der Waals surface area contributed by atoms with Crippen LogP contribution >= 0.6 is 0 Å². The number of hydrogen-bond acceptors (Lipinski definition) is 4. The van der Waals surface area contributed by atoms with Gasteiger partial charge in [-0.2, -0.15) is 5.10 Å².